The lowest BCUT2D eigenvalue weighted by atomic mass is 10.1. The van der Waals surface area contributed by atoms with Gasteiger partial charge in [-0.3, -0.25) is 11.3 Å². The summed E-state index contributed by atoms with van der Waals surface area (Å²) in [7, 11) is 0. The molecular weight excluding hydrogens is 184 g/mol. The summed E-state index contributed by atoms with van der Waals surface area (Å²) in [5.41, 5.74) is 3.77. The second-order valence-electron chi connectivity index (χ2n) is 3.57. The van der Waals surface area contributed by atoms with Crippen LogP contribution in [0.5, 0.6) is 0 Å². The highest BCUT2D eigenvalue weighted by Gasteiger charge is 2.23. The third-order valence-electron chi connectivity index (χ3n) is 2.50. The molecule has 0 aliphatic heterocycles. The Bertz CT molecular complexity index is 245. The van der Waals surface area contributed by atoms with Crippen LogP contribution in [0.25, 0.3) is 0 Å². The van der Waals surface area contributed by atoms with Gasteiger partial charge in [0.15, 0.2) is 0 Å². The first-order valence-electron chi connectivity index (χ1n) is 4.63. The molecule has 0 spiro atoms. The van der Waals surface area contributed by atoms with Gasteiger partial charge in [-0.2, -0.15) is 8.75 Å². The van der Waals surface area contributed by atoms with Crippen molar-refractivity contribution in [2.24, 2.45) is 11.8 Å². The van der Waals surface area contributed by atoms with Gasteiger partial charge >= 0.3 is 0 Å². The van der Waals surface area contributed by atoms with Crippen LogP contribution >= 0.6 is 11.7 Å². The van der Waals surface area contributed by atoms with E-state index in [1.54, 1.807) is 6.20 Å². The molecule has 2 rings (SSSR count). The van der Waals surface area contributed by atoms with Gasteiger partial charge in [-0.15, -0.1) is 0 Å². The lowest BCUT2D eigenvalue weighted by molar-refractivity contribution is 0.475. The highest BCUT2D eigenvalue weighted by atomic mass is 32.1. The van der Waals surface area contributed by atoms with Crippen molar-refractivity contribution in [1.29, 1.82) is 0 Å². The Labute approximate surface area is 81.8 Å². The molecule has 1 aromatic rings. The lowest BCUT2D eigenvalue weighted by Gasteiger charge is -2.11. The van der Waals surface area contributed by atoms with E-state index >= 15 is 0 Å². The van der Waals surface area contributed by atoms with Gasteiger partial charge in [-0.25, -0.2) is 0 Å². The van der Waals surface area contributed by atoms with Crippen LogP contribution in [-0.2, 0) is 0 Å². The van der Waals surface area contributed by atoms with Crippen LogP contribution in [0.1, 0.15) is 37.4 Å². The van der Waals surface area contributed by atoms with Gasteiger partial charge < -0.3 is 0 Å². The molecule has 1 saturated carbocycles. The molecule has 1 fully saturated rings. The van der Waals surface area contributed by atoms with Crippen LogP contribution in [0.3, 0.4) is 0 Å². The number of hydrogen-bond donors (Lipinski definition) is 2. The zero-order chi connectivity index (χ0) is 9.10. The molecule has 5 heteroatoms. The molecule has 0 amide bonds. The number of nitrogens with zero attached hydrogens (tertiary/aromatic N) is 2. The molecule has 1 unspecified atom stereocenters. The normalized spacial score (nSPS) is 18.8. The van der Waals surface area contributed by atoms with E-state index in [1.807, 2.05) is 0 Å². The SMILES string of the molecule is NNC(CCC1CC1)c1cnsn1. The number of nitrogens with one attached hydrogen (secondary N) is 1. The number of hydrogen-bond acceptors (Lipinski definition) is 5. The summed E-state index contributed by atoms with van der Waals surface area (Å²) in [4.78, 5) is 0. The smallest absolute Gasteiger partial charge is 0.0925 e. The van der Waals surface area contributed by atoms with E-state index in [4.69, 9.17) is 5.84 Å². The van der Waals surface area contributed by atoms with E-state index in [2.05, 4.69) is 14.2 Å². The first-order valence-corrected chi connectivity index (χ1v) is 5.36. The topological polar surface area (TPSA) is 63.8 Å². The second-order valence-corrected chi connectivity index (χ2v) is 4.13. The fourth-order valence-corrected chi connectivity index (χ4v) is 1.92. The summed E-state index contributed by atoms with van der Waals surface area (Å²) in [5, 5.41) is 0. The Balaban J connectivity index is 1.85. The number of hydrazine groups is 1. The number of nitrogens with two attached hydrogens (primary N) is 1. The third-order valence-corrected chi connectivity index (χ3v) is 2.99. The van der Waals surface area contributed by atoms with Crippen LogP contribution in [0.15, 0.2) is 6.20 Å². The largest absolute Gasteiger partial charge is 0.271 e. The van der Waals surface area contributed by atoms with Crippen LogP contribution in [0.2, 0.25) is 0 Å². The van der Waals surface area contributed by atoms with Crippen molar-refractivity contribution < 1.29 is 0 Å². The summed E-state index contributed by atoms with van der Waals surface area (Å²) < 4.78 is 8.14. The van der Waals surface area contributed by atoms with Gasteiger partial charge in [0.1, 0.15) is 0 Å². The molecule has 1 atom stereocenters. The maximum Gasteiger partial charge on any atom is 0.0925 e. The van der Waals surface area contributed by atoms with Crippen molar-refractivity contribution in [3.05, 3.63) is 11.9 Å². The molecule has 72 valence electrons. The van der Waals surface area contributed by atoms with Crippen LogP contribution in [-0.4, -0.2) is 8.75 Å². The minimum atomic E-state index is 0.194. The molecule has 13 heavy (non-hydrogen) atoms. The summed E-state index contributed by atoms with van der Waals surface area (Å²) in [6.07, 6.45) is 6.92. The molecule has 4 nitrogen and oxygen atoms in total. The maximum absolute atomic E-state index is 5.46. The van der Waals surface area contributed by atoms with Gasteiger partial charge in [0.05, 0.1) is 29.7 Å². The van der Waals surface area contributed by atoms with Gasteiger partial charge in [0.25, 0.3) is 0 Å². The van der Waals surface area contributed by atoms with Crippen LogP contribution < -0.4 is 11.3 Å². The molecule has 0 saturated heterocycles. The van der Waals surface area contributed by atoms with E-state index in [1.165, 1.54) is 31.0 Å². The average Bonchev–Trinajstić information content (AvgIpc) is 2.81. The van der Waals surface area contributed by atoms with E-state index < -0.39 is 0 Å². The molecule has 0 bridgehead atoms. The summed E-state index contributed by atoms with van der Waals surface area (Å²) in [6.45, 7) is 0. The monoisotopic (exact) mass is 198 g/mol. The molecule has 3 N–H and O–H groups in total. The van der Waals surface area contributed by atoms with Crippen molar-refractivity contribution >= 4 is 11.7 Å². The molecule has 0 aromatic carbocycles. The molecule has 0 radical (unpaired) electrons. The Morgan fingerprint density at radius 3 is 3.08 bits per heavy atom. The van der Waals surface area contributed by atoms with Crippen molar-refractivity contribution in [2.45, 2.75) is 31.7 Å². The zero-order valence-electron chi connectivity index (χ0n) is 7.44. The van der Waals surface area contributed by atoms with Crippen molar-refractivity contribution in [3.8, 4) is 0 Å². The average molecular weight is 198 g/mol. The van der Waals surface area contributed by atoms with E-state index in [-0.39, 0.29) is 6.04 Å². The predicted octanol–water partition coefficient (Wildman–Crippen LogP) is 1.23. The van der Waals surface area contributed by atoms with Gasteiger partial charge in [0, 0.05) is 0 Å². The minimum absolute atomic E-state index is 0.194. The Morgan fingerprint density at radius 1 is 1.69 bits per heavy atom. The third kappa shape index (κ3) is 2.46. The van der Waals surface area contributed by atoms with Crippen molar-refractivity contribution in [2.75, 3.05) is 0 Å². The molecule has 1 aromatic heterocycles. The summed E-state index contributed by atoms with van der Waals surface area (Å²) in [5.74, 6) is 6.40. The minimum Gasteiger partial charge on any atom is -0.271 e. The molecule has 1 aliphatic carbocycles. The van der Waals surface area contributed by atoms with Gasteiger partial charge in [-0.05, 0) is 18.8 Å². The molecule has 1 heterocycles. The quantitative estimate of drug-likeness (QED) is 0.552. The highest BCUT2D eigenvalue weighted by molar-refractivity contribution is 6.99. The van der Waals surface area contributed by atoms with Crippen LogP contribution in [0.4, 0.5) is 0 Å². The maximum atomic E-state index is 5.46. The summed E-state index contributed by atoms with van der Waals surface area (Å²) in [6, 6.07) is 0.194. The van der Waals surface area contributed by atoms with Crippen molar-refractivity contribution in [1.82, 2.24) is 14.2 Å². The van der Waals surface area contributed by atoms with Crippen molar-refractivity contribution in [3.63, 3.8) is 0 Å². The Hall–Kier alpha value is -0.520. The highest BCUT2D eigenvalue weighted by Crippen LogP contribution is 2.35. The Kier molecular flexibility index (Phi) is 2.87. The standard InChI is InChI=1S/C8H14N4S/c9-11-7(4-3-6-1-2-6)8-5-10-13-12-8/h5-7,11H,1-4,9H2. The first-order chi connectivity index (χ1) is 6.40. The number of aromatic nitrogens is 2. The van der Waals surface area contributed by atoms with Gasteiger partial charge in [-0.1, -0.05) is 12.8 Å². The lowest BCUT2D eigenvalue weighted by Crippen LogP contribution is -2.28. The van der Waals surface area contributed by atoms with E-state index in [9.17, 15) is 0 Å². The fourth-order valence-electron chi connectivity index (χ4n) is 1.45. The predicted molar refractivity (Wildman–Crippen MR) is 51.9 cm³/mol. The number of rotatable bonds is 5. The van der Waals surface area contributed by atoms with Gasteiger partial charge in [0.2, 0.25) is 0 Å². The van der Waals surface area contributed by atoms with E-state index in [0.29, 0.717) is 0 Å². The first kappa shape index (κ1) is 9.05. The van der Waals surface area contributed by atoms with E-state index in [0.717, 1.165) is 18.0 Å². The fraction of sp³-hybridized carbons (Fsp3) is 0.750. The second kappa shape index (κ2) is 4.13. The Morgan fingerprint density at radius 2 is 2.54 bits per heavy atom. The zero-order valence-corrected chi connectivity index (χ0v) is 8.26. The molecule has 1 aliphatic rings. The molecular formula is C8H14N4S. The summed E-state index contributed by atoms with van der Waals surface area (Å²) >= 11 is 1.24. The van der Waals surface area contributed by atoms with Crippen LogP contribution in [0, 0.1) is 5.92 Å².